The Kier molecular flexibility index (Phi) is 5.84. The minimum absolute atomic E-state index is 0.0205. The summed E-state index contributed by atoms with van der Waals surface area (Å²) in [4.78, 5) is 35.3. The van der Waals surface area contributed by atoms with Crippen LogP contribution in [0.15, 0.2) is 35.9 Å². The number of carbonyl (C=O) groups excluding carboxylic acids is 3. The van der Waals surface area contributed by atoms with Crippen LogP contribution >= 0.6 is 0 Å². The van der Waals surface area contributed by atoms with Crippen LogP contribution in [0.1, 0.15) is 32.8 Å². The number of benzene rings is 1. The normalized spacial score (nSPS) is 12.7. The van der Waals surface area contributed by atoms with Gasteiger partial charge in [0.05, 0.1) is 5.57 Å². The maximum Gasteiger partial charge on any atom is 0.261 e. The number of hydrogen-bond donors (Lipinski definition) is 1. The van der Waals surface area contributed by atoms with Crippen LogP contribution < -0.4 is 5.32 Å². The van der Waals surface area contributed by atoms with Gasteiger partial charge in [0.15, 0.2) is 5.78 Å². The first kappa shape index (κ1) is 15.8. The molecule has 1 aromatic carbocycles. The van der Waals surface area contributed by atoms with Crippen LogP contribution in [0.2, 0.25) is 0 Å². The first-order valence-corrected chi connectivity index (χ1v) is 6.58. The van der Waals surface area contributed by atoms with Crippen molar-refractivity contribution in [1.29, 1.82) is 0 Å². The van der Waals surface area contributed by atoms with Crippen LogP contribution in [-0.4, -0.2) is 17.6 Å². The van der Waals surface area contributed by atoms with E-state index in [1.165, 1.54) is 13.0 Å². The maximum atomic E-state index is 12.0. The van der Waals surface area contributed by atoms with Crippen molar-refractivity contribution >= 4 is 23.7 Å². The topological polar surface area (TPSA) is 63.2 Å². The fourth-order valence-electron chi connectivity index (χ4n) is 1.53. The Hall–Kier alpha value is -2.23. The van der Waals surface area contributed by atoms with E-state index in [1.807, 2.05) is 25.1 Å². The zero-order valence-corrected chi connectivity index (χ0v) is 12.0. The minimum Gasteiger partial charge on any atom is -0.294 e. The predicted octanol–water partition coefficient (Wildman–Crippen LogP) is 2.35. The smallest absolute Gasteiger partial charge is 0.261 e. The van der Waals surface area contributed by atoms with Crippen molar-refractivity contribution in [2.24, 2.45) is 5.92 Å². The SMILES string of the molecule is CCC(C)C(=O)NC(=O)C(=Cc1ccccc1)C(C)=O. The van der Waals surface area contributed by atoms with Gasteiger partial charge < -0.3 is 0 Å². The van der Waals surface area contributed by atoms with Gasteiger partial charge in [-0.05, 0) is 25.0 Å². The van der Waals surface area contributed by atoms with Crippen LogP contribution in [0, 0.1) is 5.92 Å². The summed E-state index contributed by atoms with van der Waals surface area (Å²) in [7, 11) is 0. The van der Waals surface area contributed by atoms with Gasteiger partial charge in [-0.3, -0.25) is 19.7 Å². The highest BCUT2D eigenvalue weighted by atomic mass is 16.2. The lowest BCUT2D eigenvalue weighted by molar-refractivity contribution is -0.131. The second kappa shape index (κ2) is 7.38. The molecule has 0 aliphatic rings. The molecular formula is C16H19NO3. The third-order valence-electron chi connectivity index (χ3n) is 3.03. The van der Waals surface area contributed by atoms with Crippen LogP contribution in [0.5, 0.6) is 0 Å². The molecule has 1 atom stereocenters. The largest absolute Gasteiger partial charge is 0.294 e. The van der Waals surface area contributed by atoms with Crippen LogP contribution in [0.4, 0.5) is 0 Å². The highest BCUT2D eigenvalue weighted by Gasteiger charge is 2.19. The minimum atomic E-state index is -0.647. The van der Waals surface area contributed by atoms with Crippen LogP contribution in [0.3, 0.4) is 0 Å². The summed E-state index contributed by atoms with van der Waals surface area (Å²) in [6.45, 7) is 4.90. The average Bonchev–Trinajstić information content (AvgIpc) is 2.44. The van der Waals surface area contributed by atoms with Gasteiger partial charge in [-0.2, -0.15) is 0 Å². The van der Waals surface area contributed by atoms with E-state index < -0.39 is 5.91 Å². The quantitative estimate of drug-likeness (QED) is 0.509. The third-order valence-corrected chi connectivity index (χ3v) is 3.03. The molecule has 4 nitrogen and oxygen atoms in total. The predicted molar refractivity (Wildman–Crippen MR) is 77.7 cm³/mol. The molecule has 0 spiro atoms. The summed E-state index contributed by atoms with van der Waals surface area (Å²) >= 11 is 0. The van der Waals surface area contributed by atoms with Crippen molar-refractivity contribution < 1.29 is 14.4 Å². The lowest BCUT2D eigenvalue weighted by Crippen LogP contribution is -2.36. The zero-order chi connectivity index (χ0) is 15.1. The Bertz CT molecular complexity index is 532. The van der Waals surface area contributed by atoms with Gasteiger partial charge in [0.1, 0.15) is 0 Å². The van der Waals surface area contributed by atoms with Gasteiger partial charge in [0.2, 0.25) is 5.91 Å². The van der Waals surface area contributed by atoms with E-state index in [-0.39, 0.29) is 23.2 Å². The lowest BCUT2D eigenvalue weighted by Gasteiger charge is -2.09. The molecule has 1 unspecified atom stereocenters. The molecule has 4 heteroatoms. The summed E-state index contributed by atoms with van der Waals surface area (Å²) < 4.78 is 0. The molecule has 0 aliphatic carbocycles. The van der Waals surface area contributed by atoms with Gasteiger partial charge in [-0.1, -0.05) is 44.2 Å². The van der Waals surface area contributed by atoms with Gasteiger partial charge in [-0.15, -0.1) is 0 Å². The van der Waals surface area contributed by atoms with Gasteiger partial charge in [-0.25, -0.2) is 0 Å². The van der Waals surface area contributed by atoms with E-state index in [1.54, 1.807) is 19.1 Å². The summed E-state index contributed by atoms with van der Waals surface area (Å²) in [5.74, 6) is -1.64. The highest BCUT2D eigenvalue weighted by Crippen LogP contribution is 2.09. The first-order valence-electron chi connectivity index (χ1n) is 6.58. The second-order valence-electron chi connectivity index (χ2n) is 4.65. The first-order chi connectivity index (χ1) is 9.45. The summed E-state index contributed by atoms with van der Waals surface area (Å²) in [5.41, 5.74) is 0.719. The number of amides is 2. The molecule has 0 saturated heterocycles. The molecule has 1 rings (SSSR count). The summed E-state index contributed by atoms with van der Waals surface area (Å²) in [6.07, 6.45) is 2.12. The van der Waals surface area contributed by atoms with Gasteiger partial charge in [0, 0.05) is 5.92 Å². The molecule has 0 heterocycles. The Balaban J connectivity index is 2.92. The molecule has 0 fully saturated rings. The molecule has 1 aromatic rings. The zero-order valence-electron chi connectivity index (χ0n) is 12.0. The van der Waals surface area contributed by atoms with Crippen LogP contribution in [0.25, 0.3) is 6.08 Å². The van der Waals surface area contributed by atoms with Gasteiger partial charge >= 0.3 is 0 Å². The van der Waals surface area contributed by atoms with E-state index in [9.17, 15) is 14.4 Å². The van der Waals surface area contributed by atoms with Crippen molar-refractivity contribution in [3.05, 3.63) is 41.5 Å². The standard InChI is InChI=1S/C16H19NO3/c1-4-11(2)15(19)17-16(20)14(12(3)18)10-13-8-6-5-7-9-13/h5-11H,4H2,1-3H3,(H,17,19,20). The Morgan fingerprint density at radius 3 is 2.30 bits per heavy atom. The van der Waals surface area contributed by atoms with E-state index in [4.69, 9.17) is 0 Å². The van der Waals surface area contributed by atoms with Crippen molar-refractivity contribution in [1.82, 2.24) is 5.32 Å². The van der Waals surface area contributed by atoms with Crippen molar-refractivity contribution in [3.63, 3.8) is 0 Å². The van der Waals surface area contributed by atoms with E-state index >= 15 is 0 Å². The summed E-state index contributed by atoms with van der Waals surface area (Å²) in [6, 6.07) is 9.04. The molecule has 20 heavy (non-hydrogen) atoms. The van der Waals surface area contributed by atoms with Crippen LogP contribution in [-0.2, 0) is 14.4 Å². The van der Waals surface area contributed by atoms with E-state index in [2.05, 4.69) is 5.32 Å². The second-order valence-corrected chi connectivity index (χ2v) is 4.65. The molecule has 106 valence electrons. The molecule has 1 N–H and O–H groups in total. The average molecular weight is 273 g/mol. The monoisotopic (exact) mass is 273 g/mol. The number of imide groups is 1. The van der Waals surface area contributed by atoms with E-state index in [0.717, 1.165) is 5.56 Å². The Morgan fingerprint density at radius 2 is 1.80 bits per heavy atom. The Morgan fingerprint density at radius 1 is 1.20 bits per heavy atom. The number of carbonyl (C=O) groups is 3. The fourth-order valence-corrected chi connectivity index (χ4v) is 1.53. The number of Topliss-reactive ketones (excluding diaryl/α,β-unsaturated/α-hetero) is 1. The Labute approximate surface area is 118 Å². The molecule has 2 amide bonds. The number of rotatable bonds is 5. The fraction of sp³-hybridized carbons (Fsp3) is 0.312. The van der Waals surface area contributed by atoms with Crippen molar-refractivity contribution in [2.75, 3.05) is 0 Å². The molecule has 0 bridgehead atoms. The molecule has 0 radical (unpaired) electrons. The molecule has 0 aliphatic heterocycles. The van der Waals surface area contributed by atoms with E-state index in [0.29, 0.717) is 6.42 Å². The lowest BCUT2D eigenvalue weighted by atomic mass is 10.1. The summed E-state index contributed by atoms with van der Waals surface area (Å²) in [5, 5.41) is 2.27. The maximum absolute atomic E-state index is 12.0. The van der Waals surface area contributed by atoms with Crippen molar-refractivity contribution in [3.8, 4) is 0 Å². The number of nitrogens with one attached hydrogen (secondary N) is 1. The molecular weight excluding hydrogens is 254 g/mol. The number of ketones is 1. The van der Waals surface area contributed by atoms with Crippen molar-refractivity contribution in [2.45, 2.75) is 27.2 Å². The molecule has 0 aromatic heterocycles. The third kappa shape index (κ3) is 4.46. The van der Waals surface area contributed by atoms with Gasteiger partial charge in [0.25, 0.3) is 5.91 Å². The highest BCUT2D eigenvalue weighted by molar-refractivity contribution is 6.24. The number of hydrogen-bond acceptors (Lipinski definition) is 3. The molecule has 0 saturated carbocycles.